The average molecular weight is 877 g/mol. The van der Waals surface area contributed by atoms with E-state index in [0.29, 0.717) is 19.3 Å². The van der Waals surface area contributed by atoms with Gasteiger partial charge in [0.1, 0.15) is 13.2 Å². The largest absolute Gasteiger partial charge is 0.462 e. The Hall–Kier alpha value is -1.59. The third kappa shape index (κ3) is 49.4. The molecule has 0 rings (SSSR count). The van der Waals surface area contributed by atoms with Crippen molar-refractivity contribution < 1.29 is 28.6 Å². The van der Waals surface area contributed by atoms with Crippen molar-refractivity contribution >= 4 is 17.9 Å². The second-order valence-electron chi connectivity index (χ2n) is 19.7. The van der Waals surface area contributed by atoms with Crippen molar-refractivity contribution in [2.75, 3.05) is 13.2 Å². The zero-order valence-corrected chi connectivity index (χ0v) is 42.3. The summed E-state index contributed by atoms with van der Waals surface area (Å²) < 4.78 is 16.8. The summed E-state index contributed by atoms with van der Waals surface area (Å²) >= 11 is 0. The summed E-state index contributed by atoms with van der Waals surface area (Å²) in [4.78, 5) is 37.9. The number of carbonyl (C=O) groups excluding carboxylic acids is 3. The standard InChI is InChI=1S/C56H108O6/c1-5-7-9-11-13-14-15-16-17-23-26-29-32-36-40-44-48-55(58)61-51-53(50-60-54(57)47-43-39-34-12-10-8-6-2)62-56(59)49-45-41-37-33-30-27-24-21-19-18-20-22-25-28-31-35-38-42-46-52(3)4/h52-53H,5-51H2,1-4H3/t53-/m0/s1. The molecule has 0 amide bonds. The number of ether oxygens (including phenoxy) is 3. The molecule has 62 heavy (non-hydrogen) atoms. The van der Waals surface area contributed by atoms with E-state index in [9.17, 15) is 14.4 Å². The van der Waals surface area contributed by atoms with Gasteiger partial charge in [0.15, 0.2) is 6.10 Å². The minimum Gasteiger partial charge on any atom is -0.462 e. The Bertz CT molecular complexity index is 933. The highest BCUT2D eigenvalue weighted by atomic mass is 16.6. The lowest BCUT2D eigenvalue weighted by atomic mass is 10.0. The van der Waals surface area contributed by atoms with E-state index in [1.807, 2.05) is 0 Å². The van der Waals surface area contributed by atoms with Crippen LogP contribution in [-0.4, -0.2) is 37.2 Å². The fraction of sp³-hybridized carbons (Fsp3) is 0.946. The van der Waals surface area contributed by atoms with Gasteiger partial charge < -0.3 is 14.2 Å². The zero-order valence-electron chi connectivity index (χ0n) is 42.3. The predicted octanol–water partition coefficient (Wildman–Crippen LogP) is 18.2. The van der Waals surface area contributed by atoms with Gasteiger partial charge in [-0.25, -0.2) is 0 Å². The smallest absolute Gasteiger partial charge is 0.306 e. The van der Waals surface area contributed by atoms with Gasteiger partial charge in [0.2, 0.25) is 0 Å². The highest BCUT2D eigenvalue weighted by Gasteiger charge is 2.19. The van der Waals surface area contributed by atoms with Crippen molar-refractivity contribution in [1.29, 1.82) is 0 Å². The number of hydrogen-bond donors (Lipinski definition) is 0. The molecular weight excluding hydrogens is 769 g/mol. The van der Waals surface area contributed by atoms with Crippen molar-refractivity contribution in [1.82, 2.24) is 0 Å². The molecule has 0 unspecified atom stereocenters. The maximum absolute atomic E-state index is 12.8. The van der Waals surface area contributed by atoms with Crippen molar-refractivity contribution in [2.45, 2.75) is 323 Å². The van der Waals surface area contributed by atoms with Crippen LogP contribution in [-0.2, 0) is 28.6 Å². The van der Waals surface area contributed by atoms with Gasteiger partial charge in [-0.15, -0.1) is 0 Å². The van der Waals surface area contributed by atoms with Crippen LogP contribution in [0.15, 0.2) is 0 Å². The van der Waals surface area contributed by atoms with E-state index in [1.165, 1.54) is 212 Å². The Morgan fingerprint density at radius 2 is 0.532 bits per heavy atom. The average Bonchev–Trinajstić information content (AvgIpc) is 3.26. The van der Waals surface area contributed by atoms with Crippen LogP contribution in [0.2, 0.25) is 0 Å². The van der Waals surface area contributed by atoms with Crippen molar-refractivity contribution in [3.63, 3.8) is 0 Å². The maximum Gasteiger partial charge on any atom is 0.306 e. The maximum atomic E-state index is 12.8. The van der Waals surface area contributed by atoms with Gasteiger partial charge in [0.05, 0.1) is 0 Å². The molecule has 0 spiro atoms. The second-order valence-corrected chi connectivity index (χ2v) is 19.7. The number of rotatable bonds is 51. The minimum atomic E-state index is -0.760. The SMILES string of the molecule is CCCCCCCCCCCCCCCCCCC(=O)OC[C@H](COC(=O)CCCCCCCCC)OC(=O)CCCCCCCCCCCCCCCCCCCCC(C)C. The van der Waals surface area contributed by atoms with Crippen LogP contribution in [0, 0.1) is 5.92 Å². The molecule has 0 aliphatic rings. The molecule has 0 aromatic carbocycles. The molecule has 0 saturated carbocycles. The van der Waals surface area contributed by atoms with Gasteiger partial charge in [-0.05, 0) is 25.2 Å². The molecule has 0 fully saturated rings. The third-order valence-corrected chi connectivity index (χ3v) is 12.8. The number of carbonyl (C=O) groups is 3. The lowest BCUT2D eigenvalue weighted by Crippen LogP contribution is -2.30. The fourth-order valence-corrected chi connectivity index (χ4v) is 8.57. The van der Waals surface area contributed by atoms with Gasteiger partial charge in [0, 0.05) is 19.3 Å². The van der Waals surface area contributed by atoms with E-state index >= 15 is 0 Å². The lowest BCUT2D eigenvalue weighted by molar-refractivity contribution is -0.167. The van der Waals surface area contributed by atoms with Gasteiger partial charge in [-0.1, -0.05) is 278 Å². The Kier molecular flexibility index (Phi) is 49.1. The van der Waals surface area contributed by atoms with Crippen LogP contribution in [0.25, 0.3) is 0 Å². The van der Waals surface area contributed by atoms with Gasteiger partial charge in [-0.2, -0.15) is 0 Å². The van der Waals surface area contributed by atoms with E-state index in [-0.39, 0.29) is 31.1 Å². The first-order valence-electron chi connectivity index (χ1n) is 27.9. The van der Waals surface area contributed by atoms with Gasteiger partial charge in [0.25, 0.3) is 0 Å². The first-order chi connectivity index (χ1) is 30.4. The van der Waals surface area contributed by atoms with E-state index in [2.05, 4.69) is 27.7 Å². The number of hydrogen-bond acceptors (Lipinski definition) is 6. The molecule has 0 aliphatic heterocycles. The summed E-state index contributed by atoms with van der Waals surface area (Å²) in [5, 5.41) is 0. The molecule has 0 saturated heterocycles. The summed E-state index contributed by atoms with van der Waals surface area (Å²) in [5.74, 6) is 0.0123. The highest BCUT2D eigenvalue weighted by molar-refractivity contribution is 5.71. The minimum absolute atomic E-state index is 0.0626. The predicted molar refractivity (Wildman–Crippen MR) is 266 cm³/mol. The van der Waals surface area contributed by atoms with Crippen LogP contribution < -0.4 is 0 Å². The quantitative estimate of drug-likeness (QED) is 0.0344. The summed E-state index contributed by atoms with van der Waals surface area (Å²) in [5.41, 5.74) is 0. The molecular formula is C56H108O6. The normalized spacial score (nSPS) is 12.0. The second kappa shape index (κ2) is 50.4. The molecule has 6 heteroatoms. The lowest BCUT2D eigenvalue weighted by Gasteiger charge is -2.18. The van der Waals surface area contributed by atoms with Crippen LogP contribution >= 0.6 is 0 Å². The van der Waals surface area contributed by atoms with Crippen LogP contribution in [0.1, 0.15) is 317 Å². The molecule has 0 aromatic rings. The third-order valence-electron chi connectivity index (χ3n) is 12.8. The van der Waals surface area contributed by atoms with E-state index < -0.39 is 6.10 Å². The first kappa shape index (κ1) is 60.4. The topological polar surface area (TPSA) is 78.9 Å². The first-order valence-corrected chi connectivity index (χ1v) is 27.9. The summed E-state index contributed by atoms with van der Waals surface area (Å²) in [7, 11) is 0. The fourth-order valence-electron chi connectivity index (χ4n) is 8.57. The van der Waals surface area contributed by atoms with Crippen molar-refractivity contribution in [3.8, 4) is 0 Å². The molecule has 368 valence electrons. The molecule has 0 heterocycles. The Labute approximate surface area is 387 Å². The Morgan fingerprint density at radius 3 is 0.790 bits per heavy atom. The van der Waals surface area contributed by atoms with E-state index in [4.69, 9.17) is 14.2 Å². The molecule has 0 aliphatic carbocycles. The Morgan fingerprint density at radius 1 is 0.306 bits per heavy atom. The highest BCUT2D eigenvalue weighted by Crippen LogP contribution is 2.18. The van der Waals surface area contributed by atoms with Crippen LogP contribution in [0.5, 0.6) is 0 Å². The molecule has 1 atom stereocenters. The number of esters is 3. The molecule has 0 radical (unpaired) electrons. The summed E-state index contributed by atoms with van der Waals surface area (Å²) in [6, 6.07) is 0. The molecule has 6 nitrogen and oxygen atoms in total. The molecule has 0 N–H and O–H groups in total. The summed E-state index contributed by atoms with van der Waals surface area (Å²) in [6.45, 7) is 9.03. The van der Waals surface area contributed by atoms with E-state index in [0.717, 1.165) is 63.7 Å². The molecule has 0 bridgehead atoms. The zero-order chi connectivity index (χ0) is 45.2. The monoisotopic (exact) mass is 877 g/mol. The van der Waals surface area contributed by atoms with Crippen molar-refractivity contribution in [2.24, 2.45) is 5.92 Å². The summed E-state index contributed by atoms with van der Waals surface area (Å²) in [6.07, 6.45) is 54.0. The van der Waals surface area contributed by atoms with Gasteiger partial charge in [-0.3, -0.25) is 14.4 Å². The van der Waals surface area contributed by atoms with Gasteiger partial charge >= 0.3 is 17.9 Å². The van der Waals surface area contributed by atoms with Crippen LogP contribution in [0.3, 0.4) is 0 Å². The van der Waals surface area contributed by atoms with Crippen molar-refractivity contribution in [3.05, 3.63) is 0 Å². The number of unbranched alkanes of at least 4 members (excludes halogenated alkanes) is 38. The van der Waals surface area contributed by atoms with Crippen LogP contribution in [0.4, 0.5) is 0 Å². The van der Waals surface area contributed by atoms with E-state index in [1.54, 1.807) is 0 Å². The molecule has 0 aromatic heterocycles. The Balaban J connectivity index is 4.14.